The van der Waals surface area contributed by atoms with Crippen molar-refractivity contribution >= 4 is 17.7 Å². The minimum Gasteiger partial charge on any atom is -0.355 e. The maximum atomic E-state index is 11.8. The molecule has 0 aliphatic heterocycles. The highest BCUT2D eigenvalue weighted by atomic mass is 32.2. The molecule has 2 aromatic rings. The second kappa shape index (κ2) is 7.78. The van der Waals surface area contributed by atoms with Crippen LogP contribution in [0.15, 0.2) is 29.6 Å². The highest BCUT2D eigenvalue weighted by Gasteiger charge is 2.09. The van der Waals surface area contributed by atoms with Crippen molar-refractivity contribution in [3.8, 4) is 0 Å². The van der Waals surface area contributed by atoms with Gasteiger partial charge in [-0.1, -0.05) is 24.8 Å². The Bertz CT molecular complexity index is 584. The lowest BCUT2D eigenvalue weighted by molar-refractivity contribution is -0.120. The Labute approximate surface area is 128 Å². The SMILES string of the molecule is CCSc1nnc(CCNC(=O)Cc2ccccn2)n1C. The Hall–Kier alpha value is -1.89. The van der Waals surface area contributed by atoms with Gasteiger partial charge in [-0.2, -0.15) is 0 Å². The van der Waals surface area contributed by atoms with Crippen molar-refractivity contribution < 1.29 is 4.79 Å². The molecule has 2 heterocycles. The van der Waals surface area contributed by atoms with E-state index in [4.69, 9.17) is 0 Å². The summed E-state index contributed by atoms with van der Waals surface area (Å²) in [5.41, 5.74) is 0.773. The first-order chi connectivity index (χ1) is 10.2. The van der Waals surface area contributed by atoms with E-state index in [1.54, 1.807) is 18.0 Å². The van der Waals surface area contributed by atoms with Crippen LogP contribution in [0.3, 0.4) is 0 Å². The number of amides is 1. The molecule has 0 bridgehead atoms. The van der Waals surface area contributed by atoms with Gasteiger partial charge in [0.1, 0.15) is 5.82 Å². The largest absolute Gasteiger partial charge is 0.355 e. The fourth-order valence-electron chi connectivity index (χ4n) is 1.86. The topological polar surface area (TPSA) is 72.7 Å². The van der Waals surface area contributed by atoms with Gasteiger partial charge in [0, 0.05) is 31.9 Å². The molecule has 6 nitrogen and oxygen atoms in total. The van der Waals surface area contributed by atoms with Crippen molar-refractivity contribution in [1.82, 2.24) is 25.1 Å². The summed E-state index contributed by atoms with van der Waals surface area (Å²) < 4.78 is 1.97. The van der Waals surface area contributed by atoms with Gasteiger partial charge < -0.3 is 9.88 Å². The molecule has 112 valence electrons. The van der Waals surface area contributed by atoms with Crippen LogP contribution in [0, 0.1) is 0 Å². The minimum atomic E-state index is -0.0287. The highest BCUT2D eigenvalue weighted by Crippen LogP contribution is 2.14. The normalized spacial score (nSPS) is 10.6. The summed E-state index contributed by atoms with van der Waals surface area (Å²) in [6, 6.07) is 5.56. The molecule has 0 aliphatic carbocycles. The third-order valence-corrected chi connectivity index (χ3v) is 3.84. The minimum absolute atomic E-state index is 0.0287. The summed E-state index contributed by atoms with van der Waals surface area (Å²) >= 11 is 1.66. The first-order valence-corrected chi connectivity index (χ1v) is 7.87. The van der Waals surface area contributed by atoms with Crippen LogP contribution in [-0.2, 0) is 24.7 Å². The van der Waals surface area contributed by atoms with E-state index >= 15 is 0 Å². The summed E-state index contributed by atoms with van der Waals surface area (Å²) in [5, 5.41) is 12.1. The number of carbonyl (C=O) groups is 1. The third-order valence-electron chi connectivity index (χ3n) is 2.94. The van der Waals surface area contributed by atoms with Gasteiger partial charge in [-0.15, -0.1) is 10.2 Å². The van der Waals surface area contributed by atoms with Gasteiger partial charge in [0.2, 0.25) is 5.91 Å². The van der Waals surface area contributed by atoms with Crippen LogP contribution in [0.2, 0.25) is 0 Å². The monoisotopic (exact) mass is 305 g/mol. The number of aromatic nitrogens is 4. The molecular weight excluding hydrogens is 286 g/mol. The number of nitrogens with zero attached hydrogens (tertiary/aromatic N) is 4. The Morgan fingerprint density at radius 3 is 2.95 bits per heavy atom. The van der Waals surface area contributed by atoms with Crippen molar-refractivity contribution in [2.24, 2.45) is 7.05 Å². The second-order valence-electron chi connectivity index (χ2n) is 4.49. The molecular formula is C14H19N5OS. The van der Waals surface area contributed by atoms with E-state index < -0.39 is 0 Å². The standard InChI is InChI=1S/C14H19N5OS/c1-3-21-14-18-17-12(19(14)2)7-9-16-13(20)10-11-6-4-5-8-15-11/h4-6,8H,3,7,9-10H2,1-2H3,(H,16,20). The smallest absolute Gasteiger partial charge is 0.226 e. The van der Waals surface area contributed by atoms with Gasteiger partial charge in [0.25, 0.3) is 0 Å². The van der Waals surface area contributed by atoms with Gasteiger partial charge in [-0.25, -0.2) is 0 Å². The molecule has 0 saturated carbocycles. The summed E-state index contributed by atoms with van der Waals surface area (Å²) in [5.74, 6) is 1.82. The number of hydrogen-bond donors (Lipinski definition) is 1. The predicted molar refractivity (Wildman–Crippen MR) is 82.1 cm³/mol. The molecule has 0 radical (unpaired) electrons. The number of pyridine rings is 1. The molecule has 0 aliphatic rings. The predicted octanol–water partition coefficient (Wildman–Crippen LogP) is 1.22. The van der Waals surface area contributed by atoms with E-state index in [2.05, 4.69) is 27.4 Å². The Morgan fingerprint density at radius 1 is 1.38 bits per heavy atom. The third kappa shape index (κ3) is 4.56. The first-order valence-electron chi connectivity index (χ1n) is 6.88. The molecule has 0 aromatic carbocycles. The maximum absolute atomic E-state index is 11.8. The van der Waals surface area contributed by atoms with Crippen molar-refractivity contribution in [3.05, 3.63) is 35.9 Å². The van der Waals surface area contributed by atoms with E-state index in [0.29, 0.717) is 19.4 Å². The number of carbonyl (C=O) groups excluding carboxylic acids is 1. The maximum Gasteiger partial charge on any atom is 0.226 e. The van der Waals surface area contributed by atoms with E-state index in [1.807, 2.05) is 29.8 Å². The lowest BCUT2D eigenvalue weighted by Gasteiger charge is -2.05. The van der Waals surface area contributed by atoms with Gasteiger partial charge in [-0.3, -0.25) is 9.78 Å². The van der Waals surface area contributed by atoms with Crippen LogP contribution in [0.25, 0.3) is 0 Å². The van der Waals surface area contributed by atoms with Crippen molar-refractivity contribution in [3.63, 3.8) is 0 Å². The molecule has 7 heteroatoms. The average molecular weight is 305 g/mol. The van der Waals surface area contributed by atoms with Gasteiger partial charge in [-0.05, 0) is 17.9 Å². The van der Waals surface area contributed by atoms with Crippen LogP contribution in [0.4, 0.5) is 0 Å². The molecule has 0 saturated heterocycles. The molecule has 1 amide bonds. The van der Waals surface area contributed by atoms with Gasteiger partial charge >= 0.3 is 0 Å². The van der Waals surface area contributed by atoms with E-state index in [1.165, 1.54) is 0 Å². The first kappa shape index (κ1) is 15.5. The van der Waals surface area contributed by atoms with Crippen LogP contribution in [0.1, 0.15) is 18.4 Å². The zero-order chi connectivity index (χ0) is 15.1. The molecule has 1 N–H and O–H groups in total. The zero-order valence-corrected chi connectivity index (χ0v) is 13.1. The molecule has 2 rings (SSSR count). The molecule has 21 heavy (non-hydrogen) atoms. The molecule has 0 spiro atoms. The van der Waals surface area contributed by atoms with Crippen molar-refractivity contribution in [2.75, 3.05) is 12.3 Å². The van der Waals surface area contributed by atoms with Crippen molar-refractivity contribution in [2.45, 2.75) is 24.9 Å². The van der Waals surface area contributed by atoms with Gasteiger partial charge in [0.05, 0.1) is 6.42 Å². The average Bonchev–Trinajstić information content (AvgIpc) is 2.82. The van der Waals surface area contributed by atoms with Crippen LogP contribution < -0.4 is 5.32 Å². The Balaban J connectivity index is 1.77. The fraction of sp³-hybridized carbons (Fsp3) is 0.429. The quantitative estimate of drug-likeness (QED) is 0.779. The molecule has 0 fully saturated rings. The Kier molecular flexibility index (Phi) is 5.74. The van der Waals surface area contributed by atoms with E-state index in [0.717, 1.165) is 22.4 Å². The molecule has 0 unspecified atom stereocenters. The summed E-state index contributed by atoms with van der Waals surface area (Å²) in [6.07, 6.45) is 2.66. The molecule has 0 atom stereocenters. The molecule has 2 aromatic heterocycles. The van der Waals surface area contributed by atoms with Crippen LogP contribution in [0.5, 0.6) is 0 Å². The zero-order valence-electron chi connectivity index (χ0n) is 12.2. The number of nitrogens with one attached hydrogen (secondary N) is 1. The highest BCUT2D eigenvalue weighted by molar-refractivity contribution is 7.99. The van der Waals surface area contributed by atoms with Crippen LogP contribution in [-0.4, -0.2) is 38.0 Å². The fourth-order valence-corrected chi connectivity index (χ4v) is 2.52. The van der Waals surface area contributed by atoms with Gasteiger partial charge in [0.15, 0.2) is 5.16 Å². The van der Waals surface area contributed by atoms with Crippen molar-refractivity contribution in [1.29, 1.82) is 0 Å². The summed E-state index contributed by atoms with van der Waals surface area (Å²) in [4.78, 5) is 15.9. The lowest BCUT2D eigenvalue weighted by atomic mass is 10.2. The number of thioether (sulfide) groups is 1. The number of rotatable bonds is 7. The second-order valence-corrected chi connectivity index (χ2v) is 5.72. The Morgan fingerprint density at radius 2 is 2.24 bits per heavy atom. The lowest BCUT2D eigenvalue weighted by Crippen LogP contribution is -2.28. The van der Waals surface area contributed by atoms with E-state index in [-0.39, 0.29) is 5.91 Å². The number of hydrogen-bond acceptors (Lipinski definition) is 5. The summed E-state index contributed by atoms with van der Waals surface area (Å²) in [7, 11) is 1.95. The van der Waals surface area contributed by atoms with E-state index in [9.17, 15) is 4.79 Å². The summed E-state index contributed by atoms with van der Waals surface area (Å²) in [6.45, 7) is 2.63. The van der Waals surface area contributed by atoms with Crippen LogP contribution >= 0.6 is 11.8 Å².